The molecule has 1 aromatic carbocycles. The van der Waals surface area contributed by atoms with Crippen LogP contribution in [0.4, 0.5) is 0 Å². The van der Waals surface area contributed by atoms with Crippen LogP contribution < -0.4 is 4.74 Å². The fourth-order valence-electron chi connectivity index (χ4n) is 2.47. The van der Waals surface area contributed by atoms with E-state index in [-0.39, 0.29) is 17.3 Å². The van der Waals surface area contributed by atoms with Crippen molar-refractivity contribution in [3.8, 4) is 5.75 Å². The summed E-state index contributed by atoms with van der Waals surface area (Å²) in [6, 6.07) is 13.7. The zero-order chi connectivity index (χ0) is 16.2. The number of rotatable bonds is 5. The number of ether oxygens (including phenoxy) is 1. The first kappa shape index (κ1) is 15.9. The molecule has 0 radical (unpaired) electrons. The molecule has 1 aromatic heterocycles. The van der Waals surface area contributed by atoms with Crippen LogP contribution in [-0.4, -0.2) is 40.2 Å². The second kappa shape index (κ2) is 7.04. The second-order valence-corrected chi connectivity index (χ2v) is 7.04. The lowest BCUT2D eigenvalue weighted by Gasteiger charge is -2.40. The van der Waals surface area contributed by atoms with Gasteiger partial charge in [-0.1, -0.05) is 36.0 Å². The van der Waals surface area contributed by atoms with Gasteiger partial charge < -0.3 is 9.64 Å². The molecule has 0 N–H and O–H groups in total. The first-order chi connectivity index (χ1) is 11.1. The monoisotopic (exact) mass is 328 g/mol. The summed E-state index contributed by atoms with van der Waals surface area (Å²) in [6.45, 7) is 5.26. The second-order valence-electron chi connectivity index (χ2n) is 5.68. The van der Waals surface area contributed by atoms with Crippen molar-refractivity contribution in [3.05, 3.63) is 54.2 Å². The van der Waals surface area contributed by atoms with Crippen molar-refractivity contribution >= 4 is 17.7 Å². The molecule has 1 aliphatic rings. The van der Waals surface area contributed by atoms with Crippen molar-refractivity contribution < 1.29 is 9.53 Å². The zero-order valence-electron chi connectivity index (χ0n) is 13.3. The Bertz CT molecular complexity index is 672. The number of hydrogen-bond donors (Lipinski definition) is 0. The molecule has 120 valence electrons. The highest BCUT2D eigenvalue weighted by molar-refractivity contribution is 8.00. The number of pyridine rings is 1. The summed E-state index contributed by atoms with van der Waals surface area (Å²) < 4.78 is 5.95. The molecule has 4 nitrogen and oxygen atoms in total. The molecule has 1 aliphatic heterocycles. The topological polar surface area (TPSA) is 42.4 Å². The Kier molecular flexibility index (Phi) is 4.86. The maximum atomic E-state index is 12.4. The van der Waals surface area contributed by atoms with Gasteiger partial charge in [0.05, 0.1) is 23.4 Å². The van der Waals surface area contributed by atoms with Gasteiger partial charge in [-0.2, -0.15) is 0 Å². The summed E-state index contributed by atoms with van der Waals surface area (Å²) in [5.41, 5.74) is 1.12. The van der Waals surface area contributed by atoms with Gasteiger partial charge in [0.15, 0.2) is 0 Å². The van der Waals surface area contributed by atoms with Crippen LogP contribution in [0.3, 0.4) is 0 Å². The molecule has 0 bridgehead atoms. The molecular weight excluding hydrogens is 308 g/mol. The van der Waals surface area contributed by atoms with E-state index in [0.29, 0.717) is 13.1 Å². The van der Waals surface area contributed by atoms with E-state index in [9.17, 15) is 4.79 Å². The maximum Gasteiger partial charge on any atom is 0.236 e. The lowest BCUT2D eigenvalue weighted by Crippen LogP contribution is -2.57. The molecule has 0 saturated carbocycles. The number of amides is 1. The van der Waals surface area contributed by atoms with Crippen LogP contribution in [0.2, 0.25) is 0 Å². The lowest BCUT2D eigenvalue weighted by molar-refractivity contribution is -0.139. The number of hydrogen-bond acceptors (Lipinski definition) is 4. The van der Waals surface area contributed by atoms with E-state index >= 15 is 0 Å². The minimum atomic E-state index is -0.135. The van der Waals surface area contributed by atoms with Gasteiger partial charge in [0, 0.05) is 6.20 Å². The van der Waals surface area contributed by atoms with Crippen LogP contribution in [-0.2, 0) is 4.79 Å². The third kappa shape index (κ3) is 3.85. The third-order valence-electron chi connectivity index (χ3n) is 3.83. The molecule has 5 heteroatoms. The van der Waals surface area contributed by atoms with Crippen LogP contribution in [0, 0.1) is 6.92 Å². The molecule has 1 fully saturated rings. The summed E-state index contributed by atoms with van der Waals surface area (Å²) >= 11 is 1.49. The summed E-state index contributed by atoms with van der Waals surface area (Å²) in [6.07, 6.45) is 1.84. The lowest BCUT2D eigenvalue weighted by atomic mass is 10.1. The molecule has 2 aromatic rings. The summed E-state index contributed by atoms with van der Waals surface area (Å²) in [5.74, 6) is 1.05. The van der Waals surface area contributed by atoms with Crippen LogP contribution in [0.25, 0.3) is 0 Å². The zero-order valence-corrected chi connectivity index (χ0v) is 14.1. The van der Waals surface area contributed by atoms with Gasteiger partial charge in [0.2, 0.25) is 5.91 Å². The van der Waals surface area contributed by atoms with Gasteiger partial charge in [0.25, 0.3) is 0 Å². The van der Waals surface area contributed by atoms with Crippen molar-refractivity contribution in [1.29, 1.82) is 0 Å². The van der Waals surface area contributed by atoms with Gasteiger partial charge in [-0.3, -0.25) is 4.79 Å². The molecule has 3 rings (SSSR count). The van der Waals surface area contributed by atoms with Crippen molar-refractivity contribution in [3.63, 3.8) is 0 Å². The number of benzene rings is 1. The molecule has 1 amide bonds. The highest BCUT2D eigenvalue weighted by Crippen LogP contribution is 2.26. The normalized spacial score (nSPS) is 15.8. The smallest absolute Gasteiger partial charge is 0.236 e. The number of carbonyl (C=O) groups excluding carboxylic acids is 1. The number of nitrogens with zero attached hydrogens (tertiary/aromatic N) is 2. The average Bonchev–Trinajstić information content (AvgIpc) is 2.52. The standard InChI is InChI=1S/C18H20N2O2S/c1-13-7-3-4-8-16(13)22-15-11-20(12-15)18(21)14(2)23-17-9-5-6-10-19-17/h3-10,14-15H,11-12H2,1-2H3. The predicted molar refractivity (Wildman–Crippen MR) is 91.7 cm³/mol. The summed E-state index contributed by atoms with van der Waals surface area (Å²) in [7, 11) is 0. The van der Waals surface area contributed by atoms with E-state index in [1.54, 1.807) is 6.20 Å². The quantitative estimate of drug-likeness (QED) is 0.791. The summed E-state index contributed by atoms with van der Waals surface area (Å²) in [5, 5.41) is 0.742. The van der Waals surface area contributed by atoms with E-state index in [4.69, 9.17) is 4.74 Å². The fourth-order valence-corrected chi connectivity index (χ4v) is 3.36. The fraction of sp³-hybridized carbons (Fsp3) is 0.333. The van der Waals surface area contributed by atoms with Crippen molar-refractivity contribution in [2.75, 3.05) is 13.1 Å². The molecule has 0 spiro atoms. The SMILES string of the molecule is Cc1ccccc1OC1CN(C(=O)C(C)Sc2ccccn2)C1. The Labute approximate surface area is 140 Å². The van der Waals surface area contributed by atoms with Gasteiger partial charge in [-0.15, -0.1) is 0 Å². The van der Waals surface area contributed by atoms with Crippen molar-refractivity contribution in [1.82, 2.24) is 9.88 Å². The van der Waals surface area contributed by atoms with Crippen molar-refractivity contribution in [2.45, 2.75) is 30.2 Å². The van der Waals surface area contributed by atoms with E-state index in [1.165, 1.54) is 11.8 Å². The molecule has 1 atom stereocenters. The number of aromatic nitrogens is 1. The third-order valence-corrected chi connectivity index (χ3v) is 4.87. The number of carbonyl (C=O) groups is 1. The molecule has 2 heterocycles. The molecule has 23 heavy (non-hydrogen) atoms. The molecule has 1 saturated heterocycles. The molecule has 0 aliphatic carbocycles. The van der Waals surface area contributed by atoms with Gasteiger partial charge in [-0.25, -0.2) is 4.98 Å². The number of thioether (sulfide) groups is 1. The number of likely N-dealkylation sites (tertiary alicyclic amines) is 1. The van der Waals surface area contributed by atoms with Crippen molar-refractivity contribution in [2.24, 2.45) is 0 Å². The largest absolute Gasteiger partial charge is 0.486 e. The van der Waals surface area contributed by atoms with Crippen LogP contribution >= 0.6 is 11.8 Å². The number of para-hydroxylation sites is 1. The average molecular weight is 328 g/mol. The van der Waals surface area contributed by atoms with Gasteiger partial charge >= 0.3 is 0 Å². The van der Waals surface area contributed by atoms with E-state index < -0.39 is 0 Å². The number of aryl methyl sites for hydroxylation is 1. The first-order valence-corrected chi connectivity index (χ1v) is 8.60. The van der Waals surface area contributed by atoms with E-state index in [2.05, 4.69) is 4.98 Å². The highest BCUT2D eigenvalue weighted by atomic mass is 32.2. The van der Waals surface area contributed by atoms with E-state index in [1.807, 2.05) is 61.2 Å². The maximum absolute atomic E-state index is 12.4. The predicted octanol–water partition coefficient (Wildman–Crippen LogP) is 3.16. The minimum absolute atomic E-state index is 0.0899. The van der Waals surface area contributed by atoms with Gasteiger partial charge in [-0.05, 0) is 37.6 Å². The van der Waals surface area contributed by atoms with Crippen LogP contribution in [0.1, 0.15) is 12.5 Å². The highest BCUT2D eigenvalue weighted by Gasteiger charge is 2.34. The Morgan fingerprint density at radius 2 is 2.00 bits per heavy atom. The molecule has 1 unspecified atom stereocenters. The van der Waals surface area contributed by atoms with E-state index in [0.717, 1.165) is 16.3 Å². The first-order valence-electron chi connectivity index (χ1n) is 7.72. The Morgan fingerprint density at radius 3 is 2.70 bits per heavy atom. The minimum Gasteiger partial charge on any atom is -0.486 e. The summed E-state index contributed by atoms with van der Waals surface area (Å²) in [4.78, 5) is 18.5. The Hall–Kier alpha value is -2.01. The van der Waals surface area contributed by atoms with Crippen LogP contribution in [0.5, 0.6) is 5.75 Å². The Morgan fingerprint density at radius 1 is 1.26 bits per heavy atom. The van der Waals surface area contributed by atoms with Crippen LogP contribution in [0.15, 0.2) is 53.7 Å². The molecular formula is C18H20N2O2S. The van der Waals surface area contributed by atoms with Gasteiger partial charge in [0.1, 0.15) is 11.9 Å². The Balaban J connectivity index is 1.49.